The topological polar surface area (TPSA) is 55.6 Å². The van der Waals surface area contributed by atoms with Crippen LogP contribution in [0.5, 0.6) is 0 Å². The van der Waals surface area contributed by atoms with Crippen LogP contribution in [0, 0.1) is 11.3 Å². The van der Waals surface area contributed by atoms with Gasteiger partial charge in [0.05, 0.1) is 12.0 Å². The summed E-state index contributed by atoms with van der Waals surface area (Å²) < 4.78 is 5.61. The molecule has 0 bridgehead atoms. The highest BCUT2D eigenvalue weighted by Gasteiger charge is 2.39. The Morgan fingerprint density at radius 2 is 2.00 bits per heavy atom. The van der Waals surface area contributed by atoms with Gasteiger partial charge in [-0.25, -0.2) is 0 Å². The number of hydrogen-bond donors (Lipinski definition) is 1. The molecule has 2 rings (SSSR count). The van der Waals surface area contributed by atoms with E-state index in [-0.39, 0.29) is 11.3 Å². The third-order valence-corrected chi connectivity index (χ3v) is 4.62. The molecule has 0 radical (unpaired) electrons. The molecule has 0 spiro atoms. The first-order chi connectivity index (χ1) is 9.18. The summed E-state index contributed by atoms with van der Waals surface area (Å²) in [6.45, 7) is 2.69. The number of carbonyl (C=O) groups excluding carboxylic acids is 1. The molecule has 0 saturated heterocycles. The highest BCUT2D eigenvalue weighted by molar-refractivity contribution is 5.82. The van der Waals surface area contributed by atoms with E-state index in [2.05, 4.69) is 0 Å². The van der Waals surface area contributed by atoms with Gasteiger partial charge in [0.1, 0.15) is 0 Å². The lowest BCUT2D eigenvalue weighted by molar-refractivity contribution is -0.142. The molecule has 2 saturated carbocycles. The zero-order chi connectivity index (χ0) is 13.7. The van der Waals surface area contributed by atoms with Crippen molar-refractivity contribution in [1.29, 1.82) is 0 Å². The molecule has 0 heterocycles. The number of likely N-dealkylation sites (N-methyl/N-ethyl adjacent to an activating group) is 1. The fraction of sp³-hybridized carbons (Fsp3) is 0.933. The van der Waals surface area contributed by atoms with E-state index in [1.54, 1.807) is 0 Å². The molecule has 2 aliphatic carbocycles. The zero-order valence-electron chi connectivity index (χ0n) is 12.2. The summed E-state index contributed by atoms with van der Waals surface area (Å²) >= 11 is 0. The van der Waals surface area contributed by atoms with Crippen molar-refractivity contribution in [3.63, 3.8) is 0 Å². The minimum atomic E-state index is -0.288. The largest absolute Gasteiger partial charge is 0.379 e. The van der Waals surface area contributed by atoms with Crippen molar-refractivity contribution in [3.05, 3.63) is 0 Å². The lowest BCUT2D eigenvalue weighted by Gasteiger charge is -2.37. The molecule has 2 aliphatic rings. The van der Waals surface area contributed by atoms with Gasteiger partial charge in [-0.15, -0.1) is 0 Å². The van der Waals surface area contributed by atoms with Gasteiger partial charge in [0, 0.05) is 26.7 Å². The summed E-state index contributed by atoms with van der Waals surface area (Å²) in [5.41, 5.74) is 5.61. The van der Waals surface area contributed by atoms with Gasteiger partial charge in [-0.1, -0.05) is 19.3 Å². The molecule has 0 aromatic rings. The van der Waals surface area contributed by atoms with E-state index in [1.807, 2.05) is 11.9 Å². The highest BCUT2D eigenvalue weighted by atomic mass is 16.5. The Morgan fingerprint density at radius 3 is 2.58 bits per heavy atom. The van der Waals surface area contributed by atoms with Crippen molar-refractivity contribution in [2.24, 2.45) is 17.1 Å². The van der Waals surface area contributed by atoms with Crippen LogP contribution >= 0.6 is 0 Å². The second kappa shape index (κ2) is 6.71. The molecule has 19 heavy (non-hydrogen) atoms. The molecule has 0 unspecified atom stereocenters. The van der Waals surface area contributed by atoms with Crippen LogP contribution in [0.2, 0.25) is 0 Å². The van der Waals surface area contributed by atoms with Crippen molar-refractivity contribution < 1.29 is 9.53 Å². The Labute approximate surface area is 116 Å². The summed E-state index contributed by atoms with van der Waals surface area (Å²) in [5.74, 6) is 1.01. The van der Waals surface area contributed by atoms with E-state index >= 15 is 0 Å². The van der Waals surface area contributed by atoms with Crippen LogP contribution in [0.15, 0.2) is 0 Å². The normalized spacial score (nSPS) is 22.2. The first-order valence-electron chi connectivity index (χ1n) is 7.71. The van der Waals surface area contributed by atoms with Gasteiger partial charge in [0.2, 0.25) is 5.91 Å². The Bertz CT molecular complexity index is 297. The van der Waals surface area contributed by atoms with E-state index in [9.17, 15) is 4.79 Å². The average molecular weight is 268 g/mol. The van der Waals surface area contributed by atoms with Crippen LogP contribution in [0.3, 0.4) is 0 Å². The molecule has 1 amide bonds. The van der Waals surface area contributed by atoms with E-state index in [4.69, 9.17) is 10.5 Å². The summed E-state index contributed by atoms with van der Waals surface area (Å²) in [5, 5.41) is 0. The Kier molecular flexibility index (Phi) is 5.22. The van der Waals surface area contributed by atoms with Crippen molar-refractivity contribution in [3.8, 4) is 0 Å². The standard InChI is InChI=1S/C15H28N2O2/c1-17(9-10-19-11-13-5-6-13)14(18)15(12-16)7-3-2-4-8-15/h13H,2-12,16H2,1H3. The van der Waals surface area contributed by atoms with Crippen LogP contribution in [-0.4, -0.2) is 44.2 Å². The Hall–Kier alpha value is -0.610. The van der Waals surface area contributed by atoms with Crippen molar-refractivity contribution in [2.45, 2.75) is 44.9 Å². The average Bonchev–Trinajstić information content (AvgIpc) is 3.27. The Morgan fingerprint density at radius 1 is 1.32 bits per heavy atom. The van der Waals surface area contributed by atoms with Crippen LogP contribution < -0.4 is 5.73 Å². The minimum absolute atomic E-state index is 0.227. The lowest BCUT2D eigenvalue weighted by Crippen LogP contribution is -2.48. The van der Waals surface area contributed by atoms with Gasteiger partial charge in [-0.2, -0.15) is 0 Å². The summed E-state index contributed by atoms with van der Waals surface area (Å²) in [6, 6.07) is 0. The third-order valence-electron chi connectivity index (χ3n) is 4.62. The SMILES string of the molecule is CN(CCOCC1CC1)C(=O)C1(CN)CCCCC1. The van der Waals surface area contributed by atoms with Crippen LogP contribution in [0.25, 0.3) is 0 Å². The number of nitrogens with two attached hydrogens (primary N) is 1. The molecule has 4 nitrogen and oxygen atoms in total. The first-order valence-corrected chi connectivity index (χ1v) is 7.71. The van der Waals surface area contributed by atoms with Gasteiger partial charge >= 0.3 is 0 Å². The number of hydrogen-bond acceptors (Lipinski definition) is 3. The predicted octanol–water partition coefficient (Wildman–Crippen LogP) is 1.78. The molecular weight excluding hydrogens is 240 g/mol. The number of carbonyl (C=O) groups is 1. The maximum Gasteiger partial charge on any atom is 0.229 e. The van der Waals surface area contributed by atoms with Gasteiger partial charge < -0.3 is 15.4 Å². The van der Waals surface area contributed by atoms with Crippen LogP contribution in [0.1, 0.15) is 44.9 Å². The van der Waals surface area contributed by atoms with Crippen LogP contribution in [0.4, 0.5) is 0 Å². The van der Waals surface area contributed by atoms with Gasteiger partial charge in [-0.05, 0) is 31.6 Å². The predicted molar refractivity (Wildman–Crippen MR) is 75.8 cm³/mol. The number of rotatable bonds is 7. The maximum atomic E-state index is 12.6. The number of nitrogens with zero attached hydrogens (tertiary/aromatic N) is 1. The molecule has 4 heteroatoms. The Balaban J connectivity index is 1.75. The molecule has 2 fully saturated rings. The third kappa shape index (κ3) is 3.93. The smallest absolute Gasteiger partial charge is 0.229 e. The molecule has 0 aromatic heterocycles. The van der Waals surface area contributed by atoms with Gasteiger partial charge in [0.25, 0.3) is 0 Å². The van der Waals surface area contributed by atoms with Crippen LogP contribution in [-0.2, 0) is 9.53 Å². The monoisotopic (exact) mass is 268 g/mol. The molecule has 0 atom stereocenters. The summed E-state index contributed by atoms with van der Waals surface area (Å²) in [6.07, 6.45) is 8.04. The van der Waals surface area contributed by atoms with E-state index in [0.717, 1.165) is 38.2 Å². The minimum Gasteiger partial charge on any atom is -0.379 e. The maximum absolute atomic E-state index is 12.6. The zero-order valence-corrected chi connectivity index (χ0v) is 12.2. The van der Waals surface area contributed by atoms with E-state index in [1.165, 1.54) is 19.3 Å². The summed E-state index contributed by atoms with van der Waals surface area (Å²) in [4.78, 5) is 14.4. The molecule has 2 N–H and O–H groups in total. The van der Waals surface area contributed by atoms with Crippen molar-refractivity contribution in [2.75, 3.05) is 33.4 Å². The van der Waals surface area contributed by atoms with E-state index < -0.39 is 0 Å². The fourth-order valence-corrected chi connectivity index (χ4v) is 2.98. The second-order valence-corrected chi connectivity index (χ2v) is 6.29. The first kappa shape index (κ1) is 14.8. The molecule has 0 aromatic carbocycles. The van der Waals surface area contributed by atoms with Gasteiger partial charge in [-0.3, -0.25) is 4.79 Å². The van der Waals surface area contributed by atoms with Gasteiger partial charge in [0.15, 0.2) is 0 Å². The summed E-state index contributed by atoms with van der Waals surface area (Å²) in [7, 11) is 1.88. The quantitative estimate of drug-likeness (QED) is 0.716. The molecular formula is C15H28N2O2. The van der Waals surface area contributed by atoms with Crippen molar-refractivity contribution in [1.82, 2.24) is 4.90 Å². The number of ether oxygens (including phenoxy) is 1. The second-order valence-electron chi connectivity index (χ2n) is 6.29. The molecule has 110 valence electrons. The highest BCUT2D eigenvalue weighted by Crippen LogP contribution is 2.36. The fourth-order valence-electron chi connectivity index (χ4n) is 2.98. The molecule has 0 aliphatic heterocycles. The van der Waals surface area contributed by atoms with E-state index in [0.29, 0.717) is 19.7 Å². The lowest BCUT2D eigenvalue weighted by atomic mass is 9.73. The number of amides is 1. The van der Waals surface area contributed by atoms with Crippen molar-refractivity contribution >= 4 is 5.91 Å².